The summed E-state index contributed by atoms with van der Waals surface area (Å²) in [5, 5.41) is 0. The van der Waals surface area contributed by atoms with E-state index in [0.29, 0.717) is 27.7 Å². The summed E-state index contributed by atoms with van der Waals surface area (Å²) in [7, 11) is -10.5. The number of benzene rings is 4. The van der Waals surface area contributed by atoms with E-state index in [4.69, 9.17) is 162 Å². The number of carbonyl (C=O) groups excluding carboxylic acids is 4. The minimum atomic E-state index is -4.51. The second-order valence-corrected chi connectivity index (χ2v) is 27.6. The Labute approximate surface area is 836 Å². The third kappa shape index (κ3) is 23.8. The minimum Gasteiger partial charge on any atom is -0.493 e. The number of hydrogen-bond acceptors (Lipinski definition) is 24. The van der Waals surface area contributed by atoms with Gasteiger partial charge in [0, 0.05) is 207 Å². The molecule has 0 saturated carbocycles. The summed E-state index contributed by atoms with van der Waals surface area (Å²) >= 11 is 0. The summed E-state index contributed by atoms with van der Waals surface area (Å²) in [4.78, 5) is 51.2. The van der Waals surface area contributed by atoms with Gasteiger partial charge < -0.3 is 79.8 Å². The van der Waals surface area contributed by atoms with E-state index in [1.807, 2.05) is 0 Å². The number of fused-ring (bicyclic) bond motifs is 12. The lowest BCUT2D eigenvalue weighted by Gasteiger charge is -2.47. The molecule has 12 rings (SSSR count). The van der Waals surface area contributed by atoms with E-state index < -0.39 is 510 Å². The molecule has 0 aliphatic carbocycles. The molecule has 0 amide bonds. The molecule has 0 radical (unpaired) electrons. The van der Waals surface area contributed by atoms with Crippen LogP contribution < -0.4 is 60.8 Å². The maximum atomic E-state index is 13.4. The summed E-state index contributed by atoms with van der Waals surface area (Å²) in [6.07, 6.45) is -62.3. The van der Waals surface area contributed by atoms with Crippen molar-refractivity contribution in [2.45, 2.75) is 260 Å². The molecule has 8 aliphatic heterocycles. The standard InChI is InChI=1S/4C24H38N2O4/c4*1-14(2)9-17-13-26-8-7-16-10-21(28-5)22(29-6)11-18(16)19(26)12-20(17)30-24(27)23(25)15(3)4/h4*10-11,14-15,17,19-20,23H,7-9,12-13,25H2,1-6H3/t4*17?,19?,20?,23-/m0000/s1/i1D3,5D3,6D3,7D2,8D2,9D2,10D,11D,12D2,13D2,14D,17D,19D;1D3,6D3,7D2,8D2,9D2,10D,11D,12D2,13D2,14D,17D,19D;1D3,5D3,7D2,8D2,9D2,10D,11D,12D2,13D2,14D,17D,19D;1D3,7D2,8D2,9D2,10D,11D,12D2,13D2,14D,17D,19D/t4*14?,17?,19?,20?,23-. The van der Waals surface area contributed by atoms with Crippen LogP contribution in [0.3, 0.4) is 0 Å². The van der Waals surface area contributed by atoms with Gasteiger partial charge in [0.25, 0.3) is 0 Å². The monoisotopic (exact) mass is 1760 g/mol. The number of methoxy groups -OCH3 is 8. The molecule has 8 aliphatic rings. The fourth-order valence-corrected chi connectivity index (χ4v) is 10.7. The Bertz CT molecular complexity index is 8140. The fourth-order valence-electron chi connectivity index (χ4n) is 10.7. The van der Waals surface area contributed by atoms with E-state index >= 15 is 0 Å². The van der Waals surface area contributed by atoms with Crippen LogP contribution in [0.5, 0.6) is 46.0 Å². The van der Waals surface area contributed by atoms with E-state index in [1.165, 1.54) is 55.4 Å². The number of nitrogens with zero attached hydrogens (tertiary/aromatic N) is 4. The van der Waals surface area contributed by atoms with Gasteiger partial charge >= 0.3 is 23.9 Å². The van der Waals surface area contributed by atoms with Gasteiger partial charge in [-0.05, 0) is 191 Å². The zero-order valence-electron chi connectivity index (χ0n) is 152. The number of nitrogens with two attached hydrogens (primary N) is 4. The first-order valence-corrected chi connectivity index (χ1v) is 36.1. The molecule has 24 nitrogen and oxygen atoms in total. The van der Waals surface area contributed by atoms with Crippen LogP contribution in [0.1, 0.15) is 345 Å². The lowest BCUT2D eigenvalue weighted by atomic mass is 9.79. The molecular formula is C96H152N8O16. The maximum Gasteiger partial charge on any atom is 0.323 e. The van der Waals surface area contributed by atoms with Gasteiger partial charge in [0.2, 0.25) is 0 Å². The third-order valence-corrected chi connectivity index (χ3v) is 17.2. The first-order valence-electron chi connectivity index (χ1n) is 78.1. The van der Waals surface area contributed by atoms with Crippen LogP contribution in [0.15, 0.2) is 48.3 Å². The zero-order chi connectivity index (χ0) is 162. The first-order chi connectivity index (χ1) is 89.4. The molecule has 24 heteroatoms. The Morgan fingerprint density at radius 2 is 0.558 bits per heavy atom. The number of carbonyl (C=O) groups is 4. The summed E-state index contributed by atoms with van der Waals surface area (Å²) in [5.74, 6) is -50.3. The van der Waals surface area contributed by atoms with Gasteiger partial charge in [0.15, 0.2) is 46.0 Å². The van der Waals surface area contributed by atoms with Crippen LogP contribution in [0.2, 0.25) is 0 Å². The van der Waals surface area contributed by atoms with Crippen molar-refractivity contribution < 1.29 is 191 Å². The first kappa shape index (κ1) is 33.6. The van der Waals surface area contributed by atoms with E-state index in [1.54, 1.807) is 0 Å². The summed E-state index contributed by atoms with van der Waals surface area (Å²) < 4.78 is 788. The van der Waals surface area contributed by atoms with Crippen LogP contribution in [0.25, 0.3) is 0 Å². The van der Waals surface area contributed by atoms with Crippen LogP contribution in [0.4, 0.5) is 0 Å². The molecule has 4 aromatic carbocycles. The highest BCUT2D eigenvalue weighted by Crippen LogP contribution is 2.50. The lowest BCUT2D eigenvalue weighted by Crippen LogP contribution is -2.51. The SMILES string of the molecule is [2H]c1c(OC([2H])([2H])[2H])c(OC([2H])([2H])[2H])c([2H])c2c1C([2H])([2H])C([2H])([2H])N1C([2H])([2H])C([2H])(C([2H])([2H])C([2H])(C)C([2H])([2H])[2H])C(OC(=O)[C@@H](N)C(C)C)C([2H])([2H])C21[2H].[2H]c1c(OC([2H])([2H])[2H])c(OC)c([2H])c2c1C([2H])([2H])C([2H])([2H])N1C([2H])([2H])C([2H])(C([2H])([2H])C([2H])(C)C([2H])([2H])[2H])C(OC(=O)[C@@H](N)C(C)C)C([2H])([2H])C21[2H].[2H]c1c(OC)c(OC([2H])([2H])[2H])c([2H])c2c1C([2H])([2H])C([2H])([2H])N1C([2H])([2H])C([2H])(C([2H])([2H])C([2H])(C)C([2H])([2H])[2H])C(OC(=O)[C@@H](N)C(C)C)C([2H])([2H])C21[2H].[2H]c1c(OC)c(OC)c([2H])c2c1C([2H])([2H])C([2H])([2H])N1C([2H])([2H])C([2H])(C([2H])([2H])C([2H])(C)C([2H])([2H])[2H])C(OC(=O)[C@@H](N)C(C)C)C([2H])([2H])C21[2H]. The second-order valence-electron chi connectivity index (χ2n) is 27.6. The molecule has 20 atom stereocenters. The molecule has 4 saturated heterocycles. The van der Waals surface area contributed by atoms with Crippen LogP contribution in [-0.4, -0.2) is 201 Å². The molecule has 8 N–H and O–H groups in total. The summed E-state index contributed by atoms with van der Waals surface area (Å²) in [6, 6.07) is -33.7. The molecule has 4 fully saturated rings. The predicted molar refractivity (Wildman–Crippen MR) is 471 cm³/mol. The van der Waals surface area contributed by atoms with Crippen LogP contribution in [0, 0.1) is 70.8 Å². The lowest BCUT2D eigenvalue weighted by molar-refractivity contribution is -0.161. The quantitative estimate of drug-likeness (QED) is 0.0303. The Morgan fingerprint density at radius 1 is 0.367 bits per heavy atom. The molecular weight excluding hydrogens is 1520 g/mol. The van der Waals surface area contributed by atoms with E-state index in [9.17, 15) is 52.1 Å². The highest BCUT2D eigenvalue weighted by Gasteiger charge is 2.47. The summed E-state index contributed by atoms with van der Waals surface area (Å²) in [5.41, 5.74) is 12.4. The summed E-state index contributed by atoms with van der Waals surface area (Å²) in [6.45, 7) is -36.5. The number of ether oxygens (including phenoxy) is 12. The topological polar surface area (TPSA) is 296 Å². The molecule has 4 aromatic rings. The highest BCUT2D eigenvalue weighted by atomic mass is 16.6. The van der Waals surface area contributed by atoms with Gasteiger partial charge in [-0.15, -0.1) is 0 Å². The molecule has 672 valence electrons. The highest BCUT2D eigenvalue weighted by molar-refractivity contribution is 5.77. The molecule has 0 bridgehead atoms. The Hall–Kier alpha value is -7.16. The van der Waals surface area contributed by atoms with E-state index in [-0.39, 0.29) is 0 Å². The Kier molecular flexibility index (Phi) is 12.3. The maximum absolute atomic E-state index is 13.4. The van der Waals surface area contributed by atoms with Crippen molar-refractivity contribution in [1.82, 2.24) is 19.6 Å². The normalized spacial score (nSPS) is 50.1. The molecule has 120 heavy (non-hydrogen) atoms. The van der Waals surface area contributed by atoms with E-state index in [0.717, 1.165) is 28.4 Å². The average Bonchev–Trinajstić information content (AvgIpc) is 0.640. The van der Waals surface area contributed by atoms with Crippen molar-refractivity contribution in [2.75, 3.05) is 109 Å². The van der Waals surface area contributed by atoms with Gasteiger partial charge in [-0.2, -0.15) is 0 Å². The number of rotatable bonds is 28. The number of piperidine rings is 4. The van der Waals surface area contributed by atoms with Gasteiger partial charge in [0.05, 0.1) is 89.5 Å². The van der Waals surface area contributed by atoms with Gasteiger partial charge in [-0.3, -0.25) is 38.8 Å². The average molecular weight is 1760 g/mol. The second kappa shape index (κ2) is 43.9. The van der Waals surface area contributed by atoms with Crippen molar-refractivity contribution in [2.24, 2.45) is 93.8 Å². The van der Waals surface area contributed by atoms with Crippen molar-refractivity contribution in [3.05, 3.63) is 92.8 Å². The third-order valence-electron chi connectivity index (χ3n) is 17.2. The Balaban J connectivity index is 0.000000294. The molecule has 0 aromatic heterocycles. The predicted octanol–water partition coefficient (Wildman–Crippen LogP) is 14.3. The van der Waals surface area contributed by atoms with Gasteiger partial charge in [-0.25, -0.2) is 0 Å². The zero-order valence-corrected chi connectivity index (χ0v) is 67.6. The minimum absolute atomic E-state index is 0.363. The van der Waals surface area contributed by atoms with Crippen LogP contribution in [-0.2, 0) is 63.6 Å². The fraction of sp³-hybridized carbons (Fsp3) is 0.708. The van der Waals surface area contributed by atoms with Crippen molar-refractivity contribution in [3.8, 4) is 46.0 Å². The smallest absolute Gasteiger partial charge is 0.323 e. The molecule has 0 spiro atoms. The van der Waals surface area contributed by atoms with Crippen molar-refractivity contribution in [3.63, 3.8) is 0 Å². The largest absolute Gasteiger partial charge is 0.493 e. The van der Waals surface area contributed by atoms with Gasteiger partial charge in [-0.1, -0.05) is 110 Å². The molecule has 16 unspecified atom stereocenters. The number of esters is 4. The van der Waals surface area contributed by atoms with E-state index in [2.05, 4.69) is 0 Å². The van der Waals surface area contributed by atoms with Crippen molar-refractivity contribution in [1.29, 1.82) is 0 Å². The van der Waals surface area contributed by atoms with Gasteiger partial charge in [0.1, 0.15) is 48.6 Å². The van der Waals surface area contributed by atoms with Crippen LogP contribution >= 0.6 is 0 Å². The number of hydrogen-bond donors (Lipinski definition) is 4. The molecule has 8 heterocycles. The van der Waals surface area contributed by atoms with Crippen molar-refractivity contribution >= 4 is 23.9 Å². The Morgan fingerprint density at radius 3 is 0.742 bits per heavy atom.